The summed E-state index contributed by atoms with van der Waals surface area (Å²) in [7, 11) is 0. The van der Waals surface area contributed by atoms with Crippen LogP contribution in [-0.4, -0.2) is 15.8 Å². The van der Waals surface area contributed by atoms with Crippen molar-refractivity contribution in [2.45, 2.75) is 43.0 Å². The maximum atomic E-state index is 13.2. The number of benzene rings is 2. The number of anilines is 1. The SMILES string of the molecule is Cc1ccc(CSc2nc3c(c(=O)[nH]2)C(c2ccccc2)C2=C(CCCC2=O)N3)cc1. The number of aromatic amines is 1. The van der Waals surface area contributed by atoms with E-state index in [0.29, 0.717) is 23.0 Å². The predicted octanol–water partition coefficient (Wildman–Crippen LogP) is 4.94. The molecule has 2 heterocycles. The number of Topliss-reactive ketones (excluding diaryl/α,β-unsaturated/α-hetero) is 1. The lowest BCUT2D eigenvalue weighted by Crippen LogP contribution is -2.32. The first-order valence-corrected chi connectivity index (χ1v) is 11.5. The highest BCUT2D eigenvalue weighted by Crippen LogP contribution is 2.43. The van der Waals surface area contributed by atoms with Crippen molar-refractivity contribution in [1.82, 2.24) is 9.97 Å². The smallest absolute Gasteiger partial charge is 0.257 e. The highest BCUT2D eigenvalue weighted by atomic mass is 32.2. The van der Waals surface area contributed by atoms with Gasteiger partial charge in [-0.1, -0.05) is 71.9 Å². The van der Waals surface area contributed by atoms with Crippen molar-refractivity contribution in [2.24, 2.45) is 0 Å². The Kier molecular flexibility index (Phi) is 5.24. The van der Waals surface area contributed by atoms with Gasteiger partial charge in [0.1, 0.15) is 5.82 Å². The van der Waals surface area contributed by atoms with Crippen molar-refractivity contribution in [3.05, 3.63) is 98.5 Å². The summed E-state index contributed by atoms with van der Waals surface area (Å²) in [4.78, 5) is 33.8. The van der Waals surface area contributed by atoms with Crippen LogP contribution in [0.1, 0.15) is 47.4 Å². The number of carbonyl (C=O) groups is 1. The number of carbonyl (C=O) groups excluding carboxylic acids is 1. The largest absolute Gasteiger partial charge is 0.343 e. The molecule has 156 valence electrons. The molecule has 2 aromatic carbocycles. The van der Waals surface area contributed by atoms with Crippen LogP contribution >= 0.6 is 11.8 Å². The summed E-state index contributed by atoms with van der Waals surface area (Å²) >= 11 is 1.50. The molecule has 2 N–H and O–H groups in total. The van der Waals surface area contributed by atoms with E-state index < -0.39 is 0 Å². The first-order chi connectivity index (χ1) is 15.1. The maximum absolute atomic E-state index is 13.2. The molecule has 1 aliphatic heterocycles. The molecule has 0 saturated heterocycles. The van der Waals surface area contributed by atoms with E-state index in [-0.39, 0.29) is 17.3 Å². The Morgan fingerprint density at radius 1 is 1.03 bits per heavy atom. The molecule has 0 spiro atoms. The molecule has 6 heteroatoms. The summed E-state index contributed by atoms with van der Waals surface area (Å²) in [5.41, 5.74) is 5.30. The topological polar surface area (TPSA) is 74.8 Å². The van der Waals surface area contributed by atoms with E-state index >= 15 is 0 Å². The molecule has 3 aromatic rings. The minimum absolute atomic E-state index is 0.116. The molecule has 5 nitrogen and oxygen atoms in total. The highest BCUT2D eigenvalue weighted by Gasteiger charge is 2.37. The van der Waals surface area contributed by atoms with Crippen LogP contribution in [0, 0.1) is 6.92 Å². The van der Waals surface area contributed by atoms with Crippen molar-refractivity contribution < 1.29 is 4.79 Å². The molecule has 0 bridgehead atoms. The predicted molar refractivity (Wildman–Crippen MR) is 123 cm³/mol. The molecule has 31 heavy (non-hydrogen) atoms. The van der Waals surface area contributed by atoms with Crippen LogP contribution in [0.15, 0.2) is 75.8 Å². The number of ketones is 1. The fourth-order valence-corrected chi connectivity index (χ4v) is 5.14. The standard InChI is InChI=1S/C25H23N3O2S/c1-15-10-12-16(13-11-15)14-31-25-27-23-22(24(30)28-25)20(17-6-3-2-4-7-17)21-18(26-23)8-5-9-19(21)29/h2-4,6-7,10-13,20H,5,8-9,14H2,1H3,(H2,26,27,28,30). The summed E-state index contributed by atoms with van der Waals surface area (Å²) < 4.78 is 0. The van der Waals surface area contributed by atoms with Crippen LogP contribution in [0.2, 0.25) is 0 Å². The number of hydrogen-bond donors (Lipinski definition) is 2. The molecule has 0 amide bonds. The van der Waals surface area contributed by atoms with Gasteiger partial charge in [-0.05, 0) is 30.9 Å². The Hall–Kier alpha value is -3.12. The lowest BCUT2D eigenvalue weighted by atomic mass is 9.76. The van der Waals surface area contributed by atoms with Crippen LogP contribution in [0.5, 0.6) is 0 Å². The molecule has 0 fully saturated rings. The van der Waals surface area contributed by atoms with E-state index in [1.807, 2.05) is 30.3 Å². The zero-order valence-corrected chi connectivity index (χ0v) is 18.1. The van der Waals surface area contributed by atoms with Crippen LogP contribution in [-0.2, 0) is 10.5 Å². The van der Waals surface area contributed by atoms with Gasteiger partial charge in [0, 0.05) is 29.4 Å². The number of allylic oxidation sites excluding steroid dienone is 2. The second kappa shape index (κ2) is 8.19. The Morgan fingerprint density at radius 3 is 2.58 bits per heavy atom. The summed E-state index contributed by atoms with van der Waals surface area (Å²) in [6.07, 6.45) is 2.14. The van der Waals surface area contributed by atoms with Crippen molar-refractivity contribution in [3.63, 3.8) is 0 Å². The fourth-order valence-electron chi connectivity index (χ4n) is 4.32. The van der Waals surface area contributed by atoms with E-state index in [4.69, 9.17) is 4.98 Å². The van der Waals surface area contributed by atoms with Gasteiger partial charge in [-0.25, -0.2) is 4.98 Å². The zero-order valence-electron chi connectivity index (χ0n) is 17.3. The lowest BCUT2D eigenvalue weighted by molar-refractivity contribution is -0.116. The summed E-state index contributed by atoms with van der Waals surface area (Å²) in [5, 5.41) is 3.91. The average Bonchev–Trinajstić information content (AvgIpc) is 2.78. The number of nitrogens with zero attached hydrogens (tertiary/aromatic N) is 1. The minimum Gasteiger partial charge on any atom is -0.343 e. The van der Waals surface area contributed by atoms with Gasteiger partial charge < -0.3 is 10.3 Å². The molecular weight excluding hydrogens is 406 g/mol. The third-order valence-electron chi connectivity index (χ3n) is 5.87. The fraction of sp³-hybridized carbons (Fsp3) is 0.240. The lowest BCUT2D eigenvalue weighted by Gasteiger charge is -2.32. The van der Waals surface area contributed by atoms with Crippen LogP contribution in [0.3, 0.4) is 0 Å². The third-order valence-corrected chi connectivity index (χ3v) is 6.81. The zero-order chi connectivity index (χ0) is 21.4. The van der Waals surface area contributed by atoms with E-state index in [1.54, 1.807) is 0 Å². The number of H-pyrrole nitrogens is 1. The Bertz CT molecular complexity index is 1230. The highest BCUT2D eigenvalue weighted by molar-refractivity contribution is 7.98. The van der Waals surface area contributed by atoms with Crippen molar-refractivity contribution in [3.8, 4) is 0 Å². The number of fused-ring (bicyclic) bond motifs is 1. The normalized spacial score (nSPS) is 17.7. The minimum atomic E-state index is -0.382. The molecule has 1 aromatic heterocycles. The van der Waals surface area contributed by atoms with E-state index in [0.717, 1.165) is 35.4 Å². The Balaban J connectivity index is 1.54. The van der Waals surface area contributed by atoms with Crippen LogP contribution < -0.4 is 10.9 Å². The van der Waals surface area contributed by atoms with Gasteiger partial charge in [-0.3, -0.25) is 9.59 Å². The summed E-state index contributed by atoms with van der Waals surface area (Å²) in [6, 6.07) is 18.1. The maximum Gasteiger partial charge on any atom is 0.257 e. The number of hydrogen-bond acceptors (Lipinski definition) is 5. The summed E-state index contributed by atoms with van der Waals surface area (Å²) in [6.45, 7) is 2.06. The molecule has 0 saturated carbocycles. The molecule has 2 aliphatic rings. The summed E-state index contributed by atoms with van der Waals surface area (Å²) in [5.74, 6) is 1.02. The van der Waals surface area contributed by atoms with E-state index in [2.05, 4.69) is 41.5 Å². The van der Waals surface area contributed by atoms with Gasteiger partial charge in [0.05, 0.1) is 5.56 Å². The number of nitrogens with one attached hydrogen (secondary N) is 2. The number of aryl methyl sites for hydroxylation is 1. The second-order valence-electron chi connectivity index (χ2n) is 8.05. The van der Waals surface area contributed by atoms with E-state index in [1.165, 1.54) is 22.9 Å². The number of aromatic nitrogens is 2. The quantitative estimate of drug-likeness (QED) is 0.454. The van der Waals surface area contributed by atoms with Crippen LogP contribution in [0.4, 0.5) is 5.82 Å². The molecule has 0 radical (unpaired) electrons. The Labute approximate surface area is 185 Å². The third kappa shape index (κ3) is 3.83. The first-order valence-electron chi connectivity index (χ1n) is 10.5. The van der Waals surface area contributed by atoms with Gasteiger partial charge in [0.15, 0.2) is 10.9 Å². The van der Waals surface area contributed by atoms with Crippen molar-refractivity contribution in [1.29, 1.82) is 0 Å². The van der Waals surface area contributed by atoms with Crippen LogP contribution in [0.25, 0.3) is 0 Å². The number of thioether (sulfide) groups is 1. The van der Waals surface area contributed by atoms with Crippen molar-refractivity contribution >= 4 is 23.4 Å². The molecule has 1 atom stereocenters. The average molecular weight is 430 g/mol. The molecule has 1 aliphatic carbocycles. The van der Waals surface area contributed by atoms with Gasteiger partial charge in [-0.2, -0.15) is 0 Å². The number of rotatable bonds is 4. The monoisotopic (exact) mass is 429 g/mol. The van der Waals surface area contributed by atoms with Gasteiger partial charge in [0.25, 0.3) is 5.56 Å². The second-order valence-corrected chi connectivity index (χ2v) is 9.01. The molecule has 5 rings (SSSR count). The van der Waals surface area contributed by atoms with E-state index in [9.17, 15) is 9.59 Å². The van der Waals surface area contributed by atoms with Gasteiger partial charge >= 0.3 is 0 Å². The Morgan fingerprint density at radius 2 is 1.81 bits per heavy atom. The van der Waals surface area contributed by atoms with Gasteiger partial charge in [-0.15, -0.1) is 0 Å². The molecular formula is C25H23N3O2S. The molecule has 1 unspecified atom stereocenters. The van der Waals surface area contributed by atoms with Crippen molar-refractivity contribution in [2.75, 3.05) is 5.32 Å². The van der Waals surface area contributed by atoms with Gasteiger partial charge in [0.2, 0.25) is 0 Å². The first kappa shape index (κ1) is 19.8.